The van der Waals surface area contributed by atoms with E-state index in [-0.39, 0.29) is 5.75 Å². The van der Waals surface area contributed by atoms with Crippen LogP contribution in [-0.4, -0.2) is 15.4 Å². The summed E-state index contributed by atoms with van der Waals surface area (Å²) in [4.78, 5) is 0. The maximum Gasteiger partial charge on any atom is 0.157 e. The minimum Gasteiger partial charge on any atom is -0.492 e. The van der Waals surface area contributed by atoms with E-state index in [4.69, 9.17) is 14.6 Å². The Labute approximate surface area is 90.8 Å². The molecule has 0 amide bonds. The summed E-state index contributed by atoms with van der Waals surface area (Å²) in [7, 11) is 0. The summed E-state index contributed by atoms with van der Waals surface area (Å²) in [5.41, 5.74) is 1.04. The smallest absolute Gasteiger partial charge is 0.157 e. The van der Waals surface area contributed by atoms with Crippen molar-refractivity contribution in [3.05, 3.63) is 29.3 Å². The molecular weight excluding hydrogens is 214 g/mol. The van der Waals surface area contributed by atoms with Crippen LogP contribution in [0.2, 0.25) is 0 Å². The van der Waals surface area contributed by atoms with Crippen LogP contribution >= 0.6 is 0 Å². The molecule has 1 unspecified atom stereocenters. The lowest BCUT2D eigenvalue weighted by Crippen LogP contribution is -1.97. The van der Waals surface area contributed by atoms with Gasteiger partial charge in [-0.3, -0.25) is 0 Å². The number of nitrogens with zero attached hydrogens (tertiary/aromatic N) is 1. The lowest BCUT2D eigenvalue weighted by molar-refractivity contribution is 0.339. The molecular formula is C10H11NO3S. The average molecular weight is 225 g/mol. The van der Waals surface area contributed by atoms with Crippen LogP contribution in [0.15, 0.2) is 18.2 Å². The minimum atomic E-state index is -1.89. The van der Waals surface area contributed by atoms with Crippen LogP contribution in [0, 0.1) is 11.3 Å². The minimum absolute atomic E-state index is 0.0289. The third-order valence-electron chi connectivity index (χ3n) is 1.75. The zero-order valence-electron chi connectivity index (χ0n) is 8.27. The molecule has 80 valence electrons. The molecule has 15 heavy (non-hydrogen) atoms. The van der Waals surface area contributed by atoms with E-state index in [2.05, 4.69) is 0 Å². The Hall–Kier alpha value is -1.38. The third kappa shape index (κ3) is 3.35. The highest BCUT2D eigenvalue weighted by atomic mass is 32.2. The highest BCUT2D eigenvalue weighted by molar-refractivity contribution is 7.78. The molecule has 0 saturated heterocycles. The molecule has 0 aliphatic carbocycles. The van der Waals surface area contributed by atoms with Gasteiger partial charge in [0, 0.05) is 0 Å². The second-order valence-corrected chi connectivity index (χ2v) is 3.77. The molecule has 0 saturated carbocycles. The molecule has 4 nitrogen and oxygen atoms in total. The first kappa shape index (κ1) is 11.7. The maximum atomic E-state index is 10.6. The van der Waals surface area contributed by atoms with E-state index in [0.717, 1.165) is 0 Å². The number of nitriles is 1. The van der Waals surface area contributed by atoms with E-state index in [1.807, 2.05) is 13.0 Å². The standard InChI is InChI=1S/C10H11NO3S/c1-2-14-10-4-3-8(7-15(12)13)5-9(10)6-11/h3-5H,2,7H2,1H3,(H,12,13). The summed E-state index contributed by atoms with van der Waals surface area (Å²) in [6.07, 6.45) is 0. The highest BCUT2D eigenvalue weighted by Crippen LogP contribution is 2.19. The molecule has 0 aromatic heterocycles. The molecule has 1 aromatic rings. The van der Waals surface area contributed by atoms with Crippen LogP contribution in [-0.2, 0) is 16.8 Å². The van der Waals surface area contributed by atoms with Crippen molar-refractivity contribution in [1.29, 1.82) is 5.26 Å². The van der Waals surface area contributed by atoms with Gasteiger partial charge < -0.3 is 9.29 Å². The molecule has 1 atom stereocenters. The van der Waals surface area contributed by atoms with Crippen LogP contribution in [0.4, 0.5) is 0 Å². The Bertz CT molecular complexity index is 412. The Morgan fingerprint density at radius 2 is 2.33 bits per heavy atom. The maximum absolute atomic E-state index is 10.6. The molecule has 0 spiro atoms. The van der Waals surface area contributed by atoms with E-state index in [1.165, 1.54) is 0 Å². The first-order chi connectivity index (χ1) is 7.17. The average Bonchev–Trinajstić information content (AvgIpc) is 2.20. The first-order valence-corrected chi connectivity index (χ1v) is 5.68. The van der Waals surface area contributed by atoms with Crippen LogP contribution in [0.5, 0.6) is 5.75 Å². The molecule has 1 rings (SSSR count). The number of ether oxygens (including phenoxy) is 1. The summed E-state index contributed by atoms with van der Waals surface area (Å²) in [6.45, 7) is 2.32. The molecule has 0 fully saturated rings. The van der Waals surface area contributed by atoms with Crippen molar-refractivity contribution in [2.75, 3.05) is 6.61 Å². The SMILES string of the molecule is CCOc1ccc(CS(=O)O)cc1C#N. The van der Waals surface area contributed by atoms with Gasteiger partial charge in [0.1, 0.15) is 11.8 Å². The van der Waals surface area contributed by atoms with E-state index < -0.39 is 11.1 Å². The van der Waals surface area contributed by atoms with Crippen LogP contribution in [0.3, 0.4) is 0 Å². The Morgan fingerprint density at radius 3 is 2.87 bits per heavy atom. The fourth-order valence-corrected chi connectivity index (χ4v) is 1.64. The van der Waals surface area contributed by atoms with Crippen molar-refractivity contribution in [3.63, 3.8) is 0 Å². The van der Waals surface area contributed by atoms with Gasteiger partial charge in [-0.2, -0.15) is 5.26 Å². The highest BCUT2D eigenvalue weighted by Gasteiger charge is 2.05. The number of benzene rings is 1. The molecule has 1 aromatic carbocycles. The lowest BCUT2D eigenvalue weighted by Gasteiger charge is -2.06. The van der Waals surface area contributed by atoms with Gasteiger partial charge in [-0.15, -0.1) is 0 Å². The van der Waals surface area contributed by atoms with Gasteiger partial charge in [-0.25, -0.2) is 4.21 Å². The molecule has 1 N–H and O–H groups in total. The summed E-state index contributed by atoms with van der Waals surface area (Å²) < 4.78 is 24.5. The number of hydrogen-bond donors (Lipinski definition) is 1. The van der Waals surface area contributed by atoms with Crippen molar-refractivity contribution in [1.82, 2.24) is 0 Å². The van der Waals surface area contributed by atoms with Gasteiger partial charge in [0.25, 0.3) is 0 Å². The van der Waals surface area contributed by atoms with Crippen LogP contribution in [0.1, 0.15) is 18.1 Å². The topological polar surface area (TPSA) is 70.3 Å². The molecule has 0 bridgehead atoms. The Balaban J connectivity index is 2.98. The third-order valence-corrected chi connectivity index (χ3v) is 2.33. The summed E-state index contributed by atoms with van der Waals surface area (Å²) in [5.74, 6) is 0.536. The quantitative estimate of drug-likeness (QED) is 0.791. The van der Waals surface area contributed by atoms with Crippen molar-refractivity contribution < 1.29 is 13.5 Å². The molecule has 0 aliphatic heterocycles. The van der Waals surface area contributed by atoms with Gasteiger partial charge in [0.15, 0.2) is 11.1 Å². The van der Waals surface area contributed by atoms with Gasteiger partial charge in [0.05, 0.1) is 17.9 Å². The van der Waals surface area contributed by atoms with Crippen molar-refractivity contribution in [2.24, 2.45) is 0 Å². The second kappa shape index (κ2) is 5.49. The molecule has 0 aliphatic rings. The van der Waals surface area contributed by atoms with Crippen molar-refractivity contribution in [2.45, 2.75) is 12.7 Å². The predicted molar refractivity (Wildman–Crippen MR) is 56.8 cm³/mol. The summed E-state index contributed by atoms with van der Waals surface area (Å²) in [5, 5.41) is 8.84. The largest absolute Gasteiger partial charge is 0.492 e. The summed E-state index contributed by atoms with van der Waals surface area (Å²) >= 11 is -1.89. The molecule has 0 heterocycles. The van der Waals surface area contributed by atoms with Crippen LogP contribution in [0.25, 0.3) is 0 Å². The lowest BCUT2D eigenvalue weighted by atomic mass is 10.1. The van der Waals surface area contributed by atoms with Gasteiger partial charge in [-0.1, -0.05) is 6.07 Å². The van der Waals surface area contributed by atoms with Gasteiger partial charge >= 0.3 is 0 Å². The number of hydrogen-bond acceptors (Lipinski definition) is 3. The van der Waals surface area contributed by atoms with Crippen LogP contribution < -0.4 is 4.74 Å². The van der Waals surface area contributed by atoms with E-state index >= 15 is 0 Å². The zero-order chi connectivity index (χ0) is 11.3. The van der Waals surface area contributed by atoms with Gasteiger partial charge in [-0.05, 0) is 24.6 Å². The zero-order valence-corrected chi connectivity index (χ0v) is 9.08. The molecule has 0 radical (unpaired) electrons. The monoisotopic (exact) mass is 225 g/mol. The fourth-order valence-electron chi connectivity index (χ4n) is 1.18. The molecule has 5 heteroatoms. The fraction of sp³-hybridized carbons (Fsp3) is 0.300. The van der Waals surface area contributed by atoms with Gasteiger partial charge in [0.2, 0.25) is 0 Å². The van der Waals surface area contributed by atoms with E-state index in [1.54, 1.807) is 18.2 Å². The van der Waals surface area contributed by atoms with Crippen molar-refractivity contribution >= 4 is 11.1 Å². The van der Waals surface area contributed by atoms with E-state index in [9.17, 15) is 4.21 Å². The normalized spacial score (nSPS) is 11.8. The van der Waals surface area contributed by atoms with E-state index in [0.29, 0.717) is 23.5 Å². The predicted octanol–water partition coefficient (Wildman–Crippen LogP) is 1.68. The second-order valence-electron chi connectivity index (χ2n) is 2.84. The summed E-state index contributed by atoms with van der Waals surface area (Å²) in [6, 6.07) is 6.88. The van der Waals surface area contributed by atoms with Crippen molar-refractivity contribution in [3.8, 4) is 11.8 Å². The first-order valence-electron chi connectivity index (χ1n) is 4.40. The Kier molecular flexibility index (Phi) is 4.28. The Morgan fingerprint density at radius 1 is 1.60 bits per heavy atom. The number of rotatable bonds is 4.